The first-order valence-electron chi connectivity index (χ1n) is 11.2. The van der Waals surface area contributed by atoms with Gasteiger partial charge in [0.05, 0.1) is 6.54 Å². The van der Waals surface area contributed by atoms with Crippen LogP contribution in [0.4, 0.5) is 0 Å². The van der Waals surface area contributed by atoms with Gasteiger partial charge in [-0.1, -0.05) is 13.8 Å². The first kappa shape index (κ1) is 22.9. The Bertz CT molecular complexity index is 493. The Balaban J connectivity index is 1.89. The lowest BCUT2D eigenvalue weighted by atomic mass is 9.79. The van der Waals surface area contributed by atoms with Gasteiger partial charge in [0.15, 0.2) is 5.96 Å². The topological polar surface area (TPSA) is 71.4 Å². The van der Waals surface area contributed by atoms with Gasteiger partial charge in [0.1, 0.15) is 0 Å². The molecule has 0 aromatic heterocycles. The summed E-state index contributed by atoms with van der Waals surface area (Å²) < 4.78 is 0. The van der Waals surface area contributed by atoms with Crippen molar-refractivity contribution in [1.82, 2.24) is 20.0 Å². The summed E-state index contributed by atoms with van der Waals surface area (Å²) in [7, 11) is 0. The summed E-state index contributed by atoms with van der Waals surface area (Å²) in [5.74, 6) is 1.25. The van der Waals surface area contributed by atoms with Gasteiger partial charge < -0.3 is 20.2 Å². The fourth-order valence-electron chi connectivity index (χ4n) is 4.19. The highest BCUT2D eigenvalue weighted by Crippen LogP contribution is 2.30. The van der Waals surface area contributed by atoms with E-state index in [1.165, 1.54) is 0 Å². The van der Waals surface area contributed by atoms with Crippen molar-refractivity contribution in [3.05, 3.63) is 0 Å². The zero-order valence-electron chi connectivity index (χ0n) is 18.3. The quantitative estimate of drug-likeness (QED) is 0.456. The highest BCUT2D eigenvalue weighted by Gasteiger charge is 2.27. The summed E-state index contributed by atoms with van der Waals surface area (Å²) in [6, 6.07) is 0. The van der Waals surface area contributed by atoms with Gasteiger partial charge in [-0.25, -0.2) is 0 Å². The summed E-state index contributed by atoms with van der Waals surface area (Å²) in [4.78, 5) is 23.9. The molecular formula is C21H41N5O2. The smallest absolute Gasteiger partial charge is 0.236 e. The van der Waals surface area contributed by atoms with E-state index >= 15 is 0 Å². The Labute approximate surface area is 171 Å². The van der Waals surface area contributed by atoms with Gasteiger partial charge in [-0.05, 0) is 44.4 Å². The number of piperazine rings is 1. The molecule has 7 nitrogen and oxygen atoms in total. The Morgan fingerprint density at radius 2 is 1.64 bits per heavy atom. The lowest BCUT2D eigenvalue weighted by Crippen LogP contribution is -2.54. The number of aliphatic hydroxyl groups excluding tert-OH is 1. The minimum absolute atomic E-state index is 0.0827. The monoisotopic (exact) mass is 395 g/mol. The fraction of sp³-hybridized carbons (Fsp3) is 0.905. The highest BCUT2D eigenvalue weighted by atomic mass is 16.3. The zero-order valence-corrected chi connectivity index (χ0v) is 18.3. The van der Waals surface area contributed by atoms with Crippen LogP contribution in [0.25, 0.3) is 0 Å². The van der Waals surface area contributed by atoms with Crippen molar-refractivity contribution in [2.75, 3.05) is 65.5 Å². The van der Waals surface area contributed by atoms with Crippen LogP contribution in [0, 0.1) is 5.41 Å². The number of rotatable bonds is 9. The number of nitrogens with one attached hydrogen (secondary N) is 1. The van der Waals surface area contributed by atoms with E-state index in [9.17, 15) is 9.90 Å². The third-order valence-electron chi connectivity index (χ3n) is 6.53. The molecule has 2 heterocycles. The predicted octanol–water partition coefficient (Wildman–Crippen LogP) is 1.38. The van der Waals surface area contributed by atoms with E-state index in [2.05, 4.69) is 35.9 Å². The maximum absolute atomic E-state index is 12.4. The molecule has 1 amide bonds. The second-order valence-electron chi connectivity index (χ2n) is 8.20. The number of likely N-dealkylation sites (tertiary alicyclic amines) is 1. The minimum Gasteiger partial charge on any atom is -0.396 e. The number of aliphatic hydroxyl groups is 1. The number of hydrogen-bond donors (Lipinski definition) is 2. The molecule has 0 radical (unpaired) electrons. The Morgan fingerprint density at radius 1 is 1.00 bits per heavy atom. The molecular weight excluding hydrogens is 354 g/mol. The average Bonchev–Trinajstić information content (AvgIpc) is 3.26. The summed E-state index contributed by atoms with van der Waals surface area (Å²) in [6.07, 6.45) is 5.15. The molecule has 0 unspecified atom stereocenters. The maximum Gasteiger partial charge on any atom is 0.236 e. The van der Waals surface area contributed by atoms with E-state index in [4.69, 9.17) is 4.99 Å². The summed E-state index contributed by atoms with van der Waals surface area (Å²) in [5.41, 5.74) is 0.0827. The molecule has 162 valence electrons. The van der Waals surface area contributed by atoms with Crippen LogP contribution >= 0.6 is 0 Å². The van der Waals surface area contributed by atoms with Crippen LogP contribution in [0.5, 0.6) is 0 Å². The predicted molar refractivity (Wildman–Crippen MR) is 115 cm³/mol. The fourth-order valence-corrected chi connectivity index (χ4v) is 4.19. The average molecular weight is 396 g/mol. The van der Waals surface area contributed by atoms with Crippen molar-refractivity contribution >= 4 is 11.9 Å². The van der Waals surface area contributed by atoms with Crippen molar-refractivity contribution in [3.63, 3.8) is 0 Å². The molecule has 2 N–H and O–H groups in total. The van der Waals surface area contributed by atoms with Gasteiger partial charge in [0.25, 0.3) is 0 Å². The van der Waals surface area contributed by atoms with Gasteiger partial charge in [-0.2, -0.15) is 0 Å². The van der Waals surface area contributed by atoms with E-state index in [0.717, 1.165) is 90.4 Å². The van der Waals surface area contributed by atoms with E-state index in [0.29, 0.717) is 6.54 Å². The molecule has 2 fully saturated rings. The van der Waals surface area contributed by atoms with Crippen LogP contribution in [0.3, 0.4) is 0 Å². The molecule has 0 aromatic rings. The van der Waals surface area contributed by atoms with Gasteiger partial charge in [-0.3, -0.25) is 14.7 Å². The van der Waals surface area contributed by atoms with Gasteiger partial charge in [-0.15, -0.1) is 0 Å². The number of carbonyl (C=O) groups is 1. The van der Waals surface area contributed by atoms with Gasteiger partial charge in [0, 0.05) is 59.0 Å². The number of aliphatic imine (C=N–C) groups is 1. The van der Waals surface area contributed by atoms with E-state index in [-0.39, 0.29) is 17.9 Å². The lowest BCUT2D eigenvalue weighted by molar-refractivity contribution is -0.131. The second-order valence-corrected chi connectivity index (χ2v) is 8.20. The molecule has 0 atom stereocenters. The minimum atomic E-state index is 0.0827. The molecule has 2 aliphatic heterocycles. The molecule has 2 saturated heterocycles. The summed E-state index contributed by atoms with van der Waals surface area (Å²) in [6.45, 7) is 14.3. The third kappa shape index (κ3) is 6.34. The number of nitrogens with zero attached hydrogens (tertiary/aromatic N) is 4. The maximum atomic E-state index is 12.4. The van der Waals surface area contributed by atoms with Crippen LogP contribution in [0.15, 0.2) is 4.99 Å². The zero-order chi connectivity index (χ0) is 20.4. The molecule has 2 aliphatic rings. The summed E-state index contributed by atoms with van der Waals surface area (Å²) in [5, 5.41) is 12.9. The van der Waals surface area contributed by atoms with Crippen molar-refractivity contribution in [3.8, 4) is 0 Å². The highest BCUT2D eigenvalue weighted by molar-refractivity contribution is 5.80. The Kier molecular flexibility index (Phi) is 9.51. The van der Waals surface area contributed by atoms with Crippen LogP contribution in [-0.2, 0) is 4.79 Å². The SMILES string of the molecule is CCNC(=NCC(CC)(CC)CCO)N1CCN(CC(=O)N2CCCC2)CC1. The van der Waals surface area contributed by atoms with Crippen LogP contribution in [-0.4, -0.2) is 97.2 Å². The first-order valence-corrected chi connectivity index (χ1v) is 11.2. The molecule has 7 heteroatoms. The van der Waals surface area contributed by atoms with Crippen LogP contribution < -0.4 is 5.32 Å². The van der Waals surface area contributed by atoms with Crippen LogP contribution in [0.1, 0.15) is 52.9 Å². The van der Waals surface area contributed by atoms with E-state index in [1.54, 1.807) is 0 Å². The Morgan fingerprint density at radius 3 is 2.18 bits per heavy atom. The molecule has 0 saturated carbocycles. The largest absolute Gasteiger partial charge is 0.396 e. The normalized spacial score (nSPS) is 19.4. The van der Waals surface area contributed by atoms with E-state index < -0.39 is 0 Å². The van der Waals surface area contributed by atoms with Crippen molar-refractivity contribution < 1.29 is 9.90 Å². The molecule has 2 rings (SSSR count). The lowest BCUT2D eigenvalue weighted by Gasteiger charge is -2.37. The second kappa shape index (κ2) is 11.6. The molecule has 28 heavy (non-hydrogen) atoms. The van der Waals surface area contributed by atoms with Crippen molar-refractivity contribution in [1.29, 1.82) is 0 Å². The van der Waals surface area contributed by atoms with Crippen molar-refractivity contribution in [2.45, 2.75) is 52.9 Å². The summed E-state index contributed by atoms with van der Waals surface area (Å²) >= 11 is 0. The van der Waals surface area contributed by atoms with Gasteiger partial charge >= 0.3 is 0 Å². The Hall–Kier alpha value is -1.34. The molecule has 0 aromatic carbocycles. The molecule has 0 aliphatic carbocycles. The molecule has 0 bridgehead atoms. The number of amides is 1. The molecule has 0 spiro atoms. The van der Waals surface area contributed by atoms with E-state index in [1.807, 2.05) is 4.90 Å². The van der Waals surface area contributed by atoms with Crippen LogP contribution in [0.2, 0.25) is 0 Å². The van der Waals surface area contributed by atoms with Gasteiger partial charge in [0.2, 0.25) is 5.91 Å². The first-order chi connectivity index (χ1) is 13.6. The third-order valence-corrected chi connectivity index (χ3v) is 6.53. The number of carbonyl (C=O) groups excluding carboxylic acids is 1. The number of hydrogen-bond acceptors (Lipinski definition) is 4. The van der Waals surface area contributed by atoms with Crippen molar-refractivity contribution in [2.24, 2.45) is 10.4 Å². The number of guanidine groups is 1. The standard InChI is InChI=1S/C21H41N5O2/c1-4-21(5-2,9-16-27)18-23-20(22-6-3)26-14-12-24(13-15-26)17-19(28)25-10-7-8-11-25/h27H,4-18H2,1-3H3,(H,22,23).